The first-order valence-corrected chi connectivity index (χ1v) is 13.7. The maximum Gasteiger partial charge on any atom is 0.263 e. The molecular formula is C27H30N6O5S. The number of ether oxygens (including phenoxy) is 1. The van der Waals surface area contributed by atoms with Gasteiger partial charge in [0, 0.05) is 17.4 Å². The monoisotopic (exact) mass is 550 g/mol. The lowest BCUT2D eigenvalue weighted by molar-refractivity contribution is -0.117. The van der Waals surface area contributed by atoms with Gasteiger partial charge in [-0.25, -0.2) is 18.4 Å². The molecule has 4 aromatic rings. The minimum atomic E-state index is -4.16. The number of fused-ring (bicyclic) bond motifs is 1. The van der Waals surface area contributed by atoms with Crippen molar-refractivity contribution in [1.29, 1.82) is 0 Å². The molecule has 0 aliphatic rings. The van der Waals surface area contributed by atoms with Gasteiger partial charge in [0.2, 0.25) is 5.91 Å². The highest BCUT2D eigenvalue weighted by atomic mass is 32.2. The quantitative estimate of drug-likeness (QED) is 0.196. The first-order chi connectivity index (χ1) is 18.6. The lowest BCUT2D eigenvalue weighted by Crippen LogP contribution is -2.34. The van der Waals surface area contributed by atoms with E-state index in [0.717, 1.165) is 0 Å². The normalized spacial score (nSPS) is 12.9. The minimum absolute atomic E-state index is 0.0439. The number of carbonyl (C=O) groups excluding carboxylic acids is 1. The summed E-state index contributed by atoms with van der Waals surface area (Å²) in [5.41, 5.74) is 8.18. The van der Waals surface area contributed by atoms with Crippen LogP contribution in [0.2, 0.25) is 0 Å². The Morgan fingerprint density at radius 3 is 2.33 bits per heavy atom. The maximum absolute atomic E-state index is 13.4. The number of aromatic nitrogens is 2. The number of amides is 1. The standard InChI is InChI=1S/C27H30N6O5S/c1-4-22(28)27(35)30-18-8-7-9-21(15-18)39(36,37)33-26-25(31-23-10-5-6-11-24(23)32-26)29-19-12-17(16(2)34)13-20(14-19)38-3/h5-16,22,34H,4,28H2,1-3H3,(H,29,31)(H,30,35)(H,32,33)/t16?,22-/m0/s1. The van der Waals surface area contributed by atoms with Crippen LogP contribution in [0, 0.1) is 0 Å². The largest absolute Gasteiger partial charge is 0.497 e. The summed E-state index contributed by atoms with van der Waals surface area (Å²) in [7, 11) is -2.65. The van der Waals surface area contributed by atoms with Gasteiger partial charge >= 0.3 is 0 Å². The van der Waals surface area contributed by atoms with Crippen molar-refractivity contribution in [2.45, 2.75) is 37.3 Å². The predicted octanol–water partition coefficient (Wildman–Crippen LogP) is 3.91. The molecule has 12 heteroatoms. The van der Waals surface area contributed by atoms with Crippen molar-refractivity contribution >= 4 is 50.0 Å². The van der Waals surface area contributed by atoms with Crippen LogP contribution in [-0.4, -0.2) is 42.6 Å². The van der Waals surface area contributed by atoms with E-state index in [9.17, 15) is 18.3 Å². The topological polar surface area (TPSA) is 169 Å². The number of aliphatic hydroxyl groups is 1. The van der Waals surface area contributed by atoms with Gasteiger partial charge in [0.1, 0.15) is 5.75 Å². The summed E-state index contributed by atoms with van der Waals surface area (Å²) >= 11 is 0. The van der Waals surface area contributed by atoms with Crippen molar-refractivity contribution in [1.82, 2.24) is 9.97 Å². The third-order valence-electron chi connectivity index (χ3n) is 5.90. The summed E-state index contributed by atoms with van der Waals surface area (Å²) in [6.45, 7) is 3.41. The molecule has 1 unspecified atom stereocenters. The van der Waals surface area contributed by atoms with Crippen molar-refractivity contribution in [2.24, 2.45) is 5.73 Å². The van der Waals surface area contributed by atoms with Gasteiger partial charge in [0.25, 0.3) is 10.0 Å². The molecule has 0 radical (unpaired) electrons. The minimum Gasteiger partial charge on any atom is -0.497 e. The van der Waals surface area contributed by atoms with Crippen molar-refractivity contribution < 1.29 is 23.1 Å². The number of hydrogen-bond acceptors (Lipinski definition) is 9. The molecule has 0 fully saturated rings. The van der Waals surface area contributed by atoms with Crippen LogP contribution in [0.4, 0.5) is 23.0 Å². The van der Waals surface area contributed by atoms with Gasteiger partial charge < -0.3 is 26.2 Å². The SMILES string of the molecule is CC[C@H](N)C(=O)Nc1cccc(S(=O)(=O)Nc2nc3ccccc3nc2Nc2cc(OC)cc(C(C)O)c2)c1. The van der Waals surface area contributed by atoms with Crippen molar-refractivity contribution in [3.63, 3.8) is 0 Å². The second-order valence-corrected chi connectivity index (χ2v) is 10.5. The Hall–Kier alpha value is -4.26. The highest BCUT2D eigenvalue weighted by molar-refractivity contribution is 7.92. The highest BCUT2D eigenvalue weighted by Crippen LogP contribution is 2.31. The molecule has 0 saturated carbocycles. The van der Waals surface area contributed by atoms with Gasteiger partial charge in [-0.15, -0.1) is 0 Å². The number of methoxy groups -OCH3 is 1. The summed E-state index contributed by atoms with van der Waals surface area (Å²) in [6, 6.07) is 17.2. The molecule has 0 aliphatic heterocycles. The van der Waals surface area contributed by atoms with Crippen molar-refractivity contribution in [3.8, 4) is 5.75 Å². The molecule has 0 saturated heterocycles. The van der Waals surface area contributed by atoms with Gasteiger partial charge in [0.15, 0.2) is 11.6 Å². The Kier molecular flexibility index (Phi) is 8.29. The Balaban J connectivity index is 1.72. The zero-order valence-corrected chi connectivity index (χ0v) is 22.5. The van der Waals surface area contributed by atoms with Crippen LogP contribution in [0.15, 0.2) is 71.6 Å². The first kappa shape index (κ1) is 27.8. The van der Waals surface area contributed by atoms with Crippen LogP contribution >= 0.6 is 0 Å². The predicted molar refractivity (Wildman–Crippen MR) is 151 cm³/mol. The fraction of sp³-hybridized carbons (Fsp3) is 0.222. The molecule has 39 heavy (non-hydrogen) atoms. The molecular weight excluding hydrogens is 520 g/mol. The second-order valence-electron chi connectivity index (χ2n) is 8.84. The maximum atomic E-state index is 13.4. The third kappa shape index (κ3) is 6.60. The molecule has 4 rings (SSSR count). The van der Waals surface area contributed by atoms with E-state index in [0.29, 0.717) is 34.5 Å². The molecule has 0 aliphatic carbocycles. The van der Waals surface area contributed by atoms with Gasteiger partial charge in [-0.1, -0.05) is 25.1 Å². The summed E-state index contributed by atoms with van der Waals surface area (Å²) in [6.07, 6.45) is -0.325. The lowest BCUT2D eigenvalue weighted by atomic mass is 10.1. The summed E-state index contributed by atoms with van der Waals surface area (Å²) < 4.78 is 34.7. The van der Waals surface area contributed by atoms with E-state index in [2.05, 4.69) is 25.3 Å². The summed E-state index contributed by atoms with van der Waals surface area (Å²) in [4.78, 5) is 21.2. The smallest absolute Gasteiger partial charge is 0.263 e. The highest BCUT2D eigenvalue weighted by Gasteiger charge is 2.21. The van der Waals surface area contributed by atoms with Crippen LogP contribution < -0.4 is 25.8 Å². The number of carbonyl (C=O) groups is 1. The Morgan fingerprint density at radius 1 is 1.00 bits per heavy atom. The number of aliphatic hydroxyl groups excluding tert-OH is 1. The lowest BCUT2D eigenvalue weighted by Gasteiger charge is -2.16. The molecule has 0 spiro atoms. The second kappa shape index (κ2) is 11.6. The molecule has 1 aromatic heterocycles. The van der Waals surface area contributed by atoms with Gasteiger partial charge in [-0.05, 0) is 61.4 Å². The average molecular weight is 551 g/mol. The molecule has 204 valence electrons. The van der Waals surface area contributed by atoms with Crippen molar-refractivity contribution in [2.75, 3.05) is 22.5 Å². The Bertz CT molecular complexity index is 1610. The summed E-state index contributed by atoms with van der Waals surface area (Å²) in [5.74, 6) is 0.174. The van der Waals surface area contributed by atoms with E-state index < -0.39 is 28.1 Å². The van der Waals surface area contributed by atoms with Crippen LogP contribution in [0.25, 0.3) is 11.0 Å². The first-order valence-electron chi connectivity index (χ1n) is 12.2. The number of nitrogens with two attached hydrogens (primary N) is 1. The molecule has 1 amide bonds. The van der Waals surface area contributed by atoms with Gasteiger partial charge in [0.05, 0.1) is 35.2 Å². The van der Waals surface area contributed by atoms with E-state index >= 15 is 0 Å². The molecule has 2 atom stereocenters. The number of nitrogens with one attached hydrogen (secondary N) is 3. The molecule has 6 N–H and O–H groups in total. The third-order valence-corrected chi connectivity index (χ3v) is 7.24. The number of sulfonamides is 1. The number of nitrogens with zero attached hydrogens (tertiary/aromatic N) is 2. The zero-order chi connectivity index (χ0) is 28.2. The number of hydrogen-bond donors (Lipinski definition) is 5. The molecule has 11 nitrogen and oxygen atoms in total. The number of rotatable bonds is 10. The van der Waals surface area contributed by atoms with Crippen LogP contribution in [-0.2, 0) is 14.8 Å². The van der Waals surface area contributed by atoms with Crippen LogP contribution in [0.1, 0.15) is 31.9 Å². The fourth-order valence-corrected chi connectivity index (χ4v) is 4.75. The number of benzene rings is 3. The molecule has 1 heterocycles. The molecule has 3 aromatic carbocycles. The van der Waals surface area contributed by atoms with E-state index in [4.69, 9.17) is 10.5 Å². The van der Waals surface area contributed by atoms with Gasteiger partial charge in [-0.2, -0.15) is 0 Å². The number of para-hydroxylation sites is 2. The Labute approximate surface area is 226 Å². The number of anilines is 4. The molecule has 0 bridgehead atoms. The van der Waals surface area contributed by atoms with Crippen LogP contribution in [0.5, 0.6) is 5.75 Å². The van der Waals surface area contributed by atoms with Gasteiger partial charge in [-0.3, -0.25) is 9.52 Å². The van der Waals surface area contributed by atoms with Crippen molar-refractivity contribution in [3.05, 3.63) is 72.3 Å². The van der Waals surface area contributed by atoms with Crippen LogP contribution in [0.3, 0.4) is 0 Å². The summed E-state index contributed by atoms with van der Waals surface area (Å²) in [5, 5.41) is 15.8. The van der Waals surface area contributed by atoms with E-state index in [1.165, 1.54) is 25.3 Å². The Morgan fingerprint density at radius 2 is 1.69 bits per heavy atom. The average Bonchev–Trinajstić information content (AvgIpc) is 2.92. The fourth-order valence-electron chi connectivity index (χ4n) is 3.70. The van der Waals surface area contributed by atoms with E-state index in [1.807, 2.05) is 0 Å². The van der Waals surface area contributed by atoms with E-state index in [-0.39, 0.29) is 22.2 Å². The van der Waals surface area contributed by atoms with E-state index in [1.54, 1.807) is 62.4 Å². The zero-order valence-electron chi connectivity index (χ0n) is 21.7.